The molecule has 0 saturated carbocycles. The third-order valence-corrected chi connectivity index (χ3v) is 3.29. The van der Waals surface area contributed by atoms with E-state index in [4.69, 9.17) is 9.47 Å². The Balaban J connectivity index is 2.40. The van der Waals surface area contributed by atoms with Gasteiger partial charge >= 0.3 is 0 Å². The van der Waals surface area contributed by atoms with Crippen LogP contribution in [0.2, 0.25) is 0 Å². The van der Waals surface area contributed by atoms with E-state index in [0.717, 1.165) is 24.2 Å². The number of methoxy groups -OCH3 is 1. The van der Waals surface area contributed by atoms with Gasteiger partial charge in [0, 0.05) is 18.7 Å². The number of phenolic OH excluding ortho intramolecular Hbond substituents is 1. The van der Waals surface area contributed by atoms with Gasteiger partial charge in [0.2, 0.25) is 0 Å². The van der Waals surface area contributed by atoms with Crippen molar-refractivity contribution in [3.63, 3.8) is 0 Å². The highest BCUT2D eigenvalue weighted by Gasteiger charge is 2.22. The van der Waals surface area contributed by atoms with Gasteiger partial charge in [-0.05, 0) is 23.6 Å². The lowest BCUT2D eigenvalue weighted by atomic mass is 9.96. The van der Waals surface area contributed by atoms with Crippen LogP contribution in [0, 0.1) is 0 Å². The molecule has 0 bridgehead atoms. The Bertz CT molecular complexity index is 412. The van der Waals surface area contributed by atoms with Crippen LogP contribution in [0.4, 0.5) is 0 Å². The Labute approximate surface area is 108 Å². The molecule has 1 heterocycles. The molecule has 1 unspecified atom stereocenters. The molecular formula is C14H21NO3. The van der Waals surface area contributed by atoms with E-state index in [-0.39, 0.29) is 11.9 Å². The zero-order valence-corrected chi connectivity index (χ0v) is 11.2. The Morgan fingerprint density at radius 1 is 1.44 bits per heavy atom. The summed E-state index contributed by atoms with van der Waals surface area (Å²) in [6, 6.07) is 3.90. The molecule has 0 amide bonds. The average Bonchev–Trinajstić information content (AvgIpc) is 2.39. The molecule has 4 nitrogen and oxygen atoms in total. The number of rotatable bonds is 3. The van der Waals surface area contributed by atoms with E-state index < -0.39 is 0 Å². The minimum Gasteiger partial charge on any atom is -0.504 e. The number of phenols is 1. The fraction of sp³-hybridized carbons (Fsp3) is 0.571. The van der Waals surface area contributed by atoms with Crippen LogP contribution in [-0.2, 0) is 4.74 Å². The fourth-order valence-corrected chi connectivity index (χ4v) is 2.15. The van der Waals surface area contributed by atoms with Crippen molar-refractivity contribution in [1.82, 2.24) is 5.32 Å². The molecule has 100 valence electrons. The van der Waals surface area contributed by atoms with E-state index >= 15 is 0 Å². The first-order chi connectivity index (χ1) is 8.63. The van der Waals surface area contributed by atoms with Gasteiger partial charge in [0.1, 0.15) is 0 Å². The summed E-state index contributed by atoms with van der Waals surface area (Å²) in [4.78, 5) is 0. The monoisotopic (exact) mass is 251 g/mol. The molecule has 1 fully saturated rings. The molecule has 1 aromatic carbocycles. The number of hydrogen-bond acceptors (Lipinski definition) is 4. The first-order valence-corrected chi connectivity index (χ1v) is 6.36. The SMILES string of the molecule is COc1cc(C(C)C)cc(C2CNCCO2)c1O. The van der Waals surface area contributed by atoms with Gasteiger partial charge in [0.25, 0.3) is 0 Å². The van der Waals surface area contributed by atoms with Gasteiger partial charge in [-0.25, -0.2) is 0 Å². The van der Waals surface area contributed by atoms with Crippen LogP contribution in [0.5, 0.6) is 11.5 Å². The van der Waals surface area contributed by atoms with Gasteiger partial charge in [-0.15, -0.1) is 0 Å². The first kappa shape index (κ1) is 13.2. The van der Waals surface area contributed by atoms with Crippen LogP contribution in [0.1, 0.15) is 37.0 Å². The molecule has 1 aliphatic heterocycles. The van der Waals surface area contributed by atoms with Crippen molar-refractivity contribution in [2.45, 2.75) is 25.9 Å². The topological polar surface area (TPSA) is 50.7 Å². The summed E-state index contributed by atoms with van der Waals surface area (Å²) in [7, 11) is 1.57. The van der Waals surface area contributed by atoms with Crippen molar-refractivity contribution in [2.75, 3.05) is 26.8 Å². The minimum absolute atomic E-state index is 0.105. The van der Waals surface area contributed by atoms with Crippen molar-refractivity contribution in [3.8, 4) is 11.5 Å². The van der Waals surface area contributed by atoms with Gasteiger partial charge in [-0.2, -0.15) is 0 Å². The van der Waals surface area contributed by atoms with E-state index in [1.165, 1.54) is 0 Å². The Morgan fingerprint density at radius 3 is 2.78 bits per heavy atom. The molecule has 0 aromatic heterocycles. The predicted molar refractivity (Wildman–Crippen MR) is 70.3 cm³/mol. The predicted octanol–water partition coefficient (Wildman–Crippen LogP) is 2.19. The van der Waals surface area contributed by atoms with Crippen LogP contribution in [0.15, 0.2) is 12.1 Å². The molecule has 0 radical (unpaired) electrons. The molecule has 18 heavy (non-hydrogen) atoms. The molecular weight excluding hydrogens is 230 g/mol. The molecule has 0 aliphatic carbocycles. The summed E-state index contributed by atoms with van der Waals surface area (Å²) in [5.41, 5.74) is 1.96. The molecule has 2 rings (SSSR count). The van der Waals surface area contributed by atoms with Crippen molar-refractivity contribution >= 4 is 0 Å². The lowest BCUT2D eigenvalue weighted by Gasteiger charge is -2.26. The minimum atomic E-state index is -0.105. The van der Waals surface area contributed by atoms with E-state index in [2.05, 4.69) is 19.2 Å². The van der Waals surface area contributed by atoms with Crippen LogP contribution < -0.4 is 10.1 Å². The highest BCUT2D eigenvalue weighted by atomic mass is 16.5. The standard InChI is InChI=1S/C14H21NO3/c1-9(2)10-6-11(13-8-15-4-5-18-13)14(16)12(7-10)17-3/h6-7,9,13,15-16H,4-5,8H2,1-3H3. The molecule has 1 saturated heterocycles. The van der Waals surface area contributed by atoms with E-state index in [0.29, 0.717) is 18.3 Å². The van der Waals surface area contributed by atoms with Gasteiger partial charge in [-0.3, -0.25) is 0 Å². The lowest BCUT2D eigenvalue weighted by molar-refractivity contribution is 0.0260. The number of aromatic hydroxyl groups is 1. The third kappa shape index (κ3) is 2.60. The zero-order valence-electron chi connectivity index (χ0n) is 11.2. The lowest BCUT2D eigenvalue weighted by Crippen LogP contribution is -2.33. The van der Waals surface area contributed by atoms with Gasteiger partial charge < -0.3 is 19.9 Å². The third-order valence-electron chi connectivity index (χ3n) is 3.29. The second kappa shape index (κ2) is 5.59. The maximum atomic E-state index is 10.2. The largest absolute Gasteiger partial charge is 0.504 e. The van der Waals surface area contributed by atoms with Gasteiger partial charge in [-0.1, -0.05) is 13.8 Å². The van der Waals surface area contributed by atoms with Crippen molar-refractivity contribution in [2.24, 2.45) is 0 Å². The fourth-order valence-electron chi connectivity index (χ4n) is 2.15. The molecule has 2 N–H and O–H groups in total. The van der Waals surface area contributed by atoms with Crippen LogP contribution in [0.25, 0.3) is 0 Å². The number of nitrogens with one attached hydrogen (secondary N) is 1. The smallest absolute Gasteiger partial charge is 0.163 e. The average molecular weight is 251 g/mol. The van der Waals surface area contributed by atoms with Crippen LogP contribution >= 0.6 is 0 Å². The second-order valence-corrected chi connectivity index (χ2v) is 4.88. The zero-order chi connectivity index (χ0) is 13.1. The van der Waals surface area contributed by atoms with Crippen molar-refractivity contribution in [3.05, 3.63) is 23.3 Å². The summed E-state index contributed by atoms with van der Waals surface area (Å²) < 4.78 is 10.9. The quantitative estimate of drug-likeness (QED) is 0.864. The number of morpholine rings is 1. The Morgan fingerprint density at radius 2 is 2.22 bits per heavy atom. The summed E-state index contributed by atoms with van der Waals surface area (Å²) in [5.74, 6) is 1.09. The highest BCUT2D eigenvalue weighted by molar-refractivity contribution is 5.50. The van der Waals surface area contributed by atoms with Crippen molar-refractivity contribution in [1.29, 1.82) is 0 Å². The van der Waals surface area contributed by atoms with Crippen LogP contribution in [0.3, 0.4) is 0 Å². The highest BCUT2D eigenvalue weighted by Crippen LogP contribution is 2.38. The van der Waals surface area contributed by atoms with Gasteiger partial charge in [0.05, 0.1) is 19.8 Å². The van der Waals surface area contributed by atoms with Crippen LogP contribution in [-0.4, -0.2) is 31.9 Å². The second-order valence-electron chi connectivity index (χ2n) is 4.88. The Hall–Kier alpha value is -1.26. The summed E-state index contributed by atoms with van der Waals surface area (Å²) in [5, 5.41) is 13.5. The van der Waals surface area contributed by atoms with Gasteiger partial charge in [0.15, 0.2) is 11.5 Å². The molecule has 1 aromatic rings. The number of ether oxygens (including phenoxy) is 2. The Kier molecular flexibility index (Phi) is 4.09. The normalized spacial score (nSPS) is 20.1. The maximum Gasteiger partial charge on any atom is 0.163 e. The first-order valence-electron chi connectivity index (χ1n) is 6.36. The summed E-state index contributed by atoms with van der Waals surface area (Å²) in [6.07, 6.45) is -0.105. The molecule has 4 heteroatoms. The van der Waals surface area contributed by atoms with E-state index in [1.54, 1.807) is 7.11 Å². The van der Waals surface area contributed by atoms with Crippen molar-refractivity contribution < 1.29 is 14.6 Å². The molecule has 0 spiro atoms. The molecule has 1 atom stereocenters. The number of hydrogen-bond donors (Lipinski definition) is 2. The van der Waals surface area contributed by atoms with E-state index in [1.807, 2.05) is 12.1 Å². The number of benzene rings is 1. The molecule has 1 aliphatic rings. The summed E-state index contributed by atoms with van der Waals surface area (Å²) >= 11 is 0. The van der Waals surface area contributed by atoms with E-state index in [9.17, 15) is 5.11 Å². The maximum absolute atomic E-state index is 10.2. The summed E-state index contributed by atoms with van der Waals surface area (Å²) in [6.45, 7) is 6.49.